The van der Waals surface area contributed by atoms with Crippen molar-refractivity contribution >= 4 is 17.2 Å². The molecule has 1 amide bonds. The largest absolute Gasteiger partial charge is 0.459 e. The first kappa shape index (κ1) is 19.8. The maximum atomic E-state index is 12.6. The molecule has 1 aliphatic rings. The van der Waals surface area contributed by atoms with Crippen molar-refractivity contribution in [1.29, 1.82) is 0 Å². The lowest BCUT2D eigenvalue weighted by Gasteiger charge is -2.39. The summed E-state index contributed by atoms with van der Waals surface area (Å²) in [5.41, 5.74) is 0. The van der Waals surface area contributed by atoms with E-state index in [1.807, 2.05) is 15.6 Å². The molecule has 8 nitrogen and oxygen atoms in total. The summed E-state index contributed by atoms with van der Waals surface area (Å²) >= 11 is 1.71. The standard InChI is InChI=1S/C20H26N6O2S/c1-15(2)13-17(19-21-22-23-26(19)14-16-5-4-12-29-16)24-7-9-25(10-8-24)20(27)18-6-3-11-28-18/h3-6,11-12,15,17H,7-10,13-14H2,1-2H3/t17-/m1/s1. The first-order valence-corrected chi connectivity index (χ1v) is 10.8. The van der Waals surface area contributed by atoms with Gasteiger partial charge in [0, 0.05) is 31.1 Å². The monoisotopic (exact) mass is 414 g/mol. The molecule has 4 rings (SSSR count). The van der Waals surface area contributed by atoms with Gasteiger partial charge in [-0.05, 0) is 46.3 Å². The third kappa shape index (κ3) is 4.56. The maximum absolute atomic E-state index is 12.6. The maximum Gasteiger partial charge on any atom is 0.289 e. The minimum Gasteiger partial charge on any atom is -0.459 e. The third-order valence-electron chi connectivity index (χ3n) is 5.21. The molecule has 1 saturated heterocycles. The van der Waals surface area contributed by atoms with Crippen LogP contribution in [0, 0.1) is 5.92 Å². The van der Waals surface area contributed by atoms with Gasteiger partial charge in [0.1, 0.15) is 0 Å². The van der Waals surface area contributed by atoms with E-state index in [2.05, 4.69) is 45.7 Å². The van der Waals surface area contributed by atoms with Crippen LogP contribution in [0.3, 0.4) is 0 Å². The number of tetrazole rings is 1. The van der Waals surface area contributed by atoms with E-state index in [4.69, 9.17) is 4.42 Å². The van der Waals surface area contributed by atoms with E-state index >= 15 is 0 Å². The Bertz CT molecular complexity index is 897. The van der Waals surface area contributed by atoms with Gasteiger partial charge in [0.25, 0.3) is 5.91 Å². The van der Waals surface area contributed by atoms with Gasteiger partial charge >= 0.3 is 0 Å². The molecular weight excluding hydrogens is 388 g/mol. The molecule has 29 heavy (non-hydrogen) atoms. The molecule has 1 fully saturated rings. The molecule has 1 aliphatic heterocycles. The Morgan fingerprint density at radius 1 is 1.21 bits per heavy atom. The van der Waals surface area contributed by atoms with Gasteiger partial charge < -0.3 is 9.32 Å². The topological polar surface area (TPSA) is 80.3 Å². The smallest absolute Gasteiger partial charge is 0.289 e. The zero-order valence-electron chi connectivity index (χ0n) is 16.8. The fourth-order valence-corrected chi connectivity index (χ4v) is 4.46. The fraction of sp³-hybridized carbons (Fsp3) is 0.500. The van der Waals surface area contributed by atoms with Gasteiger partial charge in [-0.3, -0.25) is 9.69 Å². The van der Waals surface area contributed by atoms with Crippen LogP contribution in [0.15, 0.2) is 40.3 Å². The van der Waals surface area contributed by atoms with E-state index in [-0.39, 0.29) is 11.9 Å². The average molecular weight is 415 g/mol. The zero-order chi connectivity index (χ0) is 20.2. The molecule has 9 heteroatoms. The molecule has 4 heterocycles. The summed E-state index contributed by atoms with van der Waals surface area (Å²) in [5, 5.41) is 14.7. The van der Waals surface area contributed by atoms with Crippen molar-refractivity contribution in [3.63, 3.8) is 0 Å². The van der Waals surface area contributed by atoms with Crippen LogP contribution in [-0.4, -0.2) is 62.1 Å². The quantitative estimate of drug-likeness (QED) is 0.591. The van der Waals surface area contributed by atoms with Crippen LogP contribution in [0.1, 0.15) is 47.6 Å². The van der Waals surface area contributed by atoms with E-state index in [1.165, 1.54) is 11.1 Å². The Morgan fingerprint density at radius 3 is 2.69 bits per heavy atom. The van der Waals surface area contributed by atoms with E-state index in [0.717, 1.165) is 25.3 Å². The first-order chi connectivity index (χ1) is 14.1. The summed E-state index contributed by atoms with van der Waals surface area (Å²) in [5.74, 6) is 1.77. The minimum absolute atomic E-state index is 0.0439. The molecule has 1 atom stereocenters. The van der Waals surface area contributed by atoms with Crippen molar-refractivity contribution in [3.8, 4) is 0 Å². The summed E-state index contributed by atoms with van der Waals surface area (Å²) in [6.45, 7) is 8.03. The number of hydrogen-bond acceptors (Lipinski definition) is 7. The lowest BCUT2D eigenvalue weighted by atomic mass is 10.0. The van der Waals surface area contributed by atoms with Crippen LogP contribution in [0.5, 0.6) is 0 Å². The van der Waals surface area contributed by atoms with Gasteiger partial charge in [-0.25, -0.2) is 4.68 Å². The molecular formula is C20H26N6O2S. The molecule has 0 N–H and O–H groups in total. The molecule has 3 aromatic heterocycles. The molecule has 0 aromatic carbocycles. The van der Waals surface area contributed by atoms with Crippen LogP contribution in [0.2, 0.25) is 0 Å². The number of furan rings is 1. The molecule has 0 spiro atoms. The number of rotatable bonds is 7. The molecule has 154 valence electrons. The highest BCUT2D eigenvalue weighted by Crippen LogP contribution is 2.28. The van der Waals surface area contributed by atoms with Gasteiger partial charge in [-0.15, -0.1) is 16.4 Å². The molecule has 3 aromatic rings. The first-order valence-electron chi connectivity index (χ1n) is 9.97. The second kappa shape index (κ2) is 8.87. The van der Waals surface area contributed by atoms with Gasteiger partial charge in [-0.1, -0.05) is 19.9 Å². The normalized spacial score (nSPS) is 16.4. The summed E-state index contributed by atoms with van der Waals surface area (Å²) < 4.78 is 7.18. The van der Waals surface area contributed by atoms with Crippen molar-refractivity contribution in [2.75, 3.05) is 26.2 Å². The van der Waals surface area contributed by atoms with Gasteiger partial charge in [0.2, 0.25) is 0 Å². The third-order valence-corrected chi connectivity index (χ3v) is 6.07. The van der Waals surface area contributed by atoms with E-state index < -0.39 is 0 Å². The molecule has 0 aliphatic carbocycles. The minimum atomic E-state index is -0.0439. The fourth-order valence-electron chi connectivity index (χ4n) is 3.77. The SMILES string of the molecule is CC(C)C[C@H](c1nnnn1Cc1cccs1)N1CCN(C(=O)c2ccco2)CC1. The zero-order valence-corrected chi connectivity index (χ0v) is 17.6. The molecule has 0 radical (unpaired) electrons. The Morgan fingerprint density at radius 2 is 2.03 bits per heavy atom. The van der Waals surface area contributed by atoms with Crippen molar-refractivity contribution < 1.29 is 9.21 Å². The van der Waals surface area contributed by atoms with Crippen LogP contribution >= 0.6 is 11.3 Å². The van der Waals surface area contributed by atoms with Crippen molar-refractivity contribution in [1.82, 2.24) is 30.0 Å². The summed E-state index contributed by atoms with van der Waals surface area (Å²) in [4.78, 5) is 18.0. The number of amides is 1. The van der Waals surface area contributed by atoms with Crippen molar-refractivity contribution in [3.05, 3.63) is 52.4 Å². The van der Waals surface area contributed by atoms with Crippen molar-refractivity contribution in [2.24, 2.45) is 5.92 Å². The number of carbonyl (C=O) groups is 1. The second-order valence-corrected chi connectivity index (χ2v) is 8.76. The number of hydrogen-bond donors (Lipinski definition) is 0. The number of nitrogens with zero attached hydrogens (tertiary/aromatic N) is 6. The van der Waals surface area contributed by atoms with Crippen LogP contribution in [0.4, 0.5) is 0 Å². The lowest BCUT2D eigenvalue weighted by molar-refractivity contribution is 0.0500. The number of carbonyl (C=O) groups excluding carboxylic acids is 1. The van der Waals surface area contributed by atoms with Crippen LogP contribution in [-0.2, 0) is 6.54 Å². The molecule has 0 unspecified atom stereocenters. The second-order valence-electron chi connectivity index (χ2n) is 7.72. The van der Waals surface area contributed by atoms with Gasteiger partial charge in [0.15, 0.2) is 11.6 Å². The van der Waals surface area contributed by atoms with Gasteiger partial charge in [-0.2, -0.15) is 0 Å². The predicted octanol–water partition coefficient (Wildman–Crippen LogP) is 2.92. The van der Waals surface area contributed by atoms with Gasteiger partial charge in [0.05, 0.1) is 18.8 Å². The highest BCUT2D eigenvalue weighted by Gasteiger charge is 2.31. The highest BCUT2D eigenvalue weighted by atomic mass is 32.1. The Balaban J connectivity index is 1.47. The highest BCUT2D eigenvalue weighted by molar-refractivity contribution is 7.09. The number of thiophene rings is 1. The Labute approximate surface area is 174 Å². The van der Waals surface area contributed by atoms with Crippen LogP contribution < -0.4 is 0 Å². The van der Waals surface area contributed by atoms with Crippen molar-refractivity contribution in [2.45, 2.75) is 32.9 Å². The van der Waals surface area contributed by atoms with E-state index in [1.54, 1.807) is 23.5 Å². The predicted molar refractivity (Wildman–Crippen MR) is 110 cm³/mol. The van der Waals surface area contributed by atoms with E-state index in [9.17, 15) is 4.79 Å². The Hall–Kier alpha value is -2.52. The average Bonchev–Trinajstić information content (AvgIpc) is 3.49. The number of piperazine rings is 1. The Kier molecular flexibility index (Phi) is 6.05. The van der Waals surface area contributed by atoms with E-state index in [0.29, 0.717) is 31.3 Å². The molecule has 0 bridgehead atoms. The number of aromatic nitrogens is 4. The lowest BCUT2D eigenvalue weighted by Crippen LogP contribution is -2.50. The summed E-state index contributed by atoms with van der Waals surface area (Å²) in [6, 6.07) is 7.74. The summed E-state index contributed by atoms with van der Waals surface area (Å²) in [6.07, 6.45) is 2.51. The molecule has 0 saturated carbocycles. The summed E-state index contributed by atoms with van der Waals surface area (Å²) in [7, 11) is 0. The van der Waals surface area contributed by atoms with Crippen LogP contribution in [0.25, 0.3) is 0 Å².